The molecule has 2 saturated carbocycles. The van der Waals surface area contributed by atoms with Crippen LogP contribution in [0.5, 0.6) is 0 Å². The molecule has 0 bridgehead atoms. The molecule has 0 N–H and O–H groups in total. The third-order valence-electron chi connectivity index (χ3n) is 5.31. The van der Waals surface area contributed by atoms with E-state index in [9.17, 15) is 0 Å². The molecule has 98 valence electrons. The summed E-state index contributed by atoms with van der Waals surface area (Å²) in [7, 11) is 1.88. The molecule has 7 atom stereocenters. The van der Waals surface area contributed by atoms with Gasteiger partial charge in [0, 0.05) is 22.9 Å². The molecule has 0 aromatic rings. The van der Waals surface area contributed by atoms with Crippen LogP contribution in [0.1, 0.15) is 39.0 Å². The molecule has 0 amide bonds. The van der Waals surface area contributed by atoms with E-state index >= 15 is 0 Å². The van der Waals surface area contributed by atoms with Gasteiger partial charge in [-0.05, 0) is 49.9 Å². The Morgan fingerprint density at radius 1 is 1.12 bits per heavy atom. The van der Waals surface area contributed by atoms with Gasteiger partial charge >= 0.3 is 0 Å². The molecule has 0 radical (unpaired) electrons. The van der Waals surface area contributed by atoms with Gasteiger partial charge in [-0.25, -0.2) is 0 Å². The molecule has 1 heterocycles. The Kier molecular flexibility index (Phi) is 3.71. The van der Waals surface area contributed by atoms with E-state index in [0.29, 0.717) is 11.4 Å². The molecular formula is C14H24OS2. The fourth-order valence-electron chi connectivity index (χ4n) is 4.18. The number of methoxy groups -OCH3 is 1. The first kappa shape index (κ1) is 12.7. The zero-order valence-electron chi connectivity index (χ0n) is 10.8. The topological polar surface area (TPSA) is 9.23 Å². The number of fused-ring (bicyclic) bond motifs is 3. The zero-order chi connectivity index (χ0) is 12.0. The fourth-order valence-corrected chi connectivity index (χ4v) is 7.00. The molecule has 3 fully saturated rings. The minimum Gasteiger partial charge on any atom is -0.381 e. The van der Waals surface area contributed by atoms with Crippen LogP contribution >= 0.6 is 24.4 Å². The molecule has 3 aliphatic rings. The van der Waals surface area contributed by atoms with Crippen LogP contribution in [0, 0.1) is 17.8 Å². The molecule has 2 aliphatic carbocycles. The highest BCUT2D eigenvalue weighted by Crippen LogP contribution is 2.56. The SMILES string of the molecule is COC1CCC2C(C1)SC1C(S)C(C)CCC21. The predicted molar refractivity (Wildman–Crippen MR) is 78.0 cm³/mol. The lowest BCUT2D eigenvalue weighted by molar-refractivity contribution is 0.0501. The van der Waals surface area contributed by atoms with E-state index in [1.54, 1.807) is 0 Å². The Morgan fingerprint density at radius 3 is 2.65 bits per heavy atom. The number of ether oxygens (including phenoxy) is 1. The van der Waals surface area contributed by atoms with Crippen molar-refractivity contribution >= 4 is 24.4 Å². The Balaban J connectivity index is 1.73. The zero-order valence-corrected chi connectivity index (χ0v) is 12.6. The highest BCUT2D eigenvalue weighted by atomic mass is 32.2. The minimum absolute atomic E-state index is 0.527. The molecule has 0 aromatic carbocycles. The number of thioether (sulfide) groups is 1. The first-order valence-corrected chi connectivity index (χ1v) is 8.53. The molecule has 3 rings (SSSR count). The maximum Gasteiger partial charge on any atom is 0.0582 e. The summed E-state index contributed by atoms with van der Waals surface area (Å²) in [6.45, 7) is 2.38. The van der Waals surface area contributed by atoms with Crippen molar-refractivity contribution in [3.05, 3.63) is 0 Å². The molecule has 0 aromatic heterocycles. The second-order valence-electron chi connectivity index (χ2n) is 6.18. The predicted octanol–water partition coefficient (Wildman–Crippen LogP) is 3.63. The number of rotatable bonds is 1. The number of hydrogen-bond donors (Lipinski definition) is 1. The smallest absolute Gasteiger partial charge is 0.0582 e. The van der Waals surface area contributed by atoms with Crippen molar-refractivity contribution < 1.29 is 4.74 Å². The molecule has 0 spiro atoms. The molecule has 1 saturated heterocycles. The lowest BCUT2D eigenvalue weighted by Crippen LogP contribution is -2.38. The van der Waals surface area contributed by atoms with Gasteiger partial charge in [0.15, 0.2) is 0 Å². The lowest BCUT2D eigenvalue weighted by atomic mass is 9.70. The van der Waals surface area contributed by atoms with Crippen molar-refractivity contribution in [1.29, 1.82) is 0 Å². The van der Waals surface area contributed by atoms with E-state index < -0.39 is 0 Å². The van der Waals surface area contributed by atoms with Gasteiger partial charge < -0.3 is 4.74 Å². The van der Waals surface area contributed by atoms with Crippen molar-refractivity contribution in [3.63, 3.8) is 0 Å². The third kappa shape index (κ3) is 2.17. The van der Waals surface area contributed by atoms with Crippen molar-refractivity contribution in [3.8, 4) is 0 Å². The van der Waals surface area contributed by atoms with Gasteiger partial charge in [-0.3, -0.25) is 0 Å². The quantitative estimate of drug-likeness (QED) is 0.730. The molecule has 1 nitrogen and oxygen atoms in total. The summed E-state index contributed by atoms with van der Waals surface area (Å²) >= 11 is 7.16. The maximum atomic E-state index is 5.57. The lowest BCUT2D eigenvalue weighted by Gasteiger charge is -2.38. The van der Waals surface area contributed by atoms with Gasteiger partial charge in [0.2, 0.25) is 0 Å². The standard InChI is InChI=1S/C14H24OS2/c1-8-3-5-11-10-6-4-9(15-2)7-12(10)17-14(11)13(8)16/h8-14,16H,3-7H2,1-2H3. The van der Waals surface area contributed by atoms with E-state index in [0.717, 1.165) is 28.3 Å². The Hall–Kier alpha value is 0.660. The normalized spacial score (nSPS) is 54.2. The van der Waals surface area contributed by atoms with E-state index in [1.165, 1.54) is 32.1 Å². The second-order valence-corrected chi connectivity index (χ2v) is 8.20. The van der Waals surface area contributed by atoms with Crippen LogP contribution in [0.4, 0.5) is 0 Å². The summed E-state index contributed by atoms with van der Waals surface area (Å²) in [5.74, 6) is 2.74. The summed E-state index contributed by atoms with van der Waals surface area (Å²) in [5.41, 5.74) is 0. The van der Waals surface area contributed by atoms with Crippen LogP contribution in [0.2, 0.25) is 0 Å². The summed E-state index contributed by atoms with van der Waals surface area (Å²) in [6.07, 6.45) is 7.34. The number of hydrogen-bond acceptors (Lipinski definition) is 3. The largest absolute Gasteiger partial charge is 0.381 e. The van der Waals surface area contributed by atoms with Crippen LogP contribution in [-0.2, 0) is 4.74 Å². The first-order chi connectivity index (χ1) is 8.20. The van der Waals surface area contributed by atoms with Crippen molar-refractivity contribution in [2.45, 2.75) is 60.9 Å². The summed E-state index contributed by atoms with van der Waals surface area (Å²) in [6, 6.07) is 0. The summed E-state index contributed by atoms with van der Waals surface area (Å²) in [5, 5.41) is 2.32. The van der Waals surface area contributed by atoms with Gasteiger partial charge in [-0.1, -0.05) is 6.92 Å². The molecule has 7 unspecified atom stereocenters. The van der Waals surface area contributed by atoms with E-state index in [-0.39, 0.29) is 0 Å². The van der Waals surface area contributed by atoms with Gasteiger partial charge in [-0.2, -0.15) is 24.4 Å². The molecule has 17 heavy (non-hydrogen) atoms. The van der Waals surface area contributed by atoms with Crippen molar-refractivity contribution in [2.75, 3.05) is 7.11 Å². The van der Waals surface area contributed by atoms with Gasteiger partial charge in [0.05, 0.1) is 6.10 Å². The van der Waals surface area contributed by atoms with Crippen LogP contribution in [0.15, 0.2) is 0 Å². The van der Waals surface area contributed by atoms with E-state index in [4.69, 9.17) is 17.4 Å². The maximum absolute atomic E-state index is 5.57. The average Bonchev–Trinajstić information content (AvgIpc) is 2.72. The van der Waals surface area contributed by atoms with Gasteiger partial charge in [-0.15, -0.1) is 0 Å². The van der Waals surface area contributed by atoms with Crippen LogP contribution in [0.3, 0.4) is 0 Å². The van der Waals surface area contributed by atoms with Crippen molar-refractivity contribution in [1.82, 2.24) is 0 Å². The molecule has 3 heteroatoms. The van der Waals surface area contributed by atoms with E-state index in [2.05, 4.69) is 18.7 Å². The monoisotopic (exact) mass is 272 g/mol. The minimum atomic E-state index is 0.527. The highest BCUT2D eigenvalue weighted by molar-refractivity contribution is 8.01. The van der Waals surface area contributed by atoms with Crippen LogP contribution in [0.25, 0.3) is 0 Å². The van der Waals surface area contributed by atoms with E-state index in [1.807, 2.05) is 7.11 Å². The Bertz CT molecular complexity index is 283. The fraction of sp³-hybridized carbons (Fsp3) is 1.00. The average molecular weight is 272 g/mol. The Morgan fingerprint density at radius 2 is 1.88 bits per heavy atom. The van der Waals surface area contributed by atoms with Gasteiger partial charge in [0.25, 0.3) is 0 Å². The number of thiol groups is 1. The second kappa shape index (κ2) is 4.97. The highest BCUT2D eigenvalue weighted by Gasteiger charge is 2.50. The van der Waals surface area contributed by atoms with Crippen molar-refractivity contribution in [2.24, 2.45) is 17.8 Å². The third-order valence-corrected chi connectivity index (χ3v) is 8.19. The molecular weight excluding hydrogens is 248 g/mol. The first-order valence-electron chi connectivity index (χ1n) is 7.07. The Labute approximate surface area is 115 Å². The van der Waals surface area contributed by atoms with Crippen LogP contribution in [-0.4, -0.2) is 29.0 Å². The van der Waals surface area contributed by atoms with Crippen LogP contribution < -0.4 is 0 Å². The molecule has 1 aliphatic heterocycles. The summed E-state index contributed by atoms with van der Waals surface area (Å²) < 4.78 is 5.57. The van der Waals surface area contributed by atoms with Gasteiger partial charge in [0.1, 0.15) is 0 Å². The summed E-state index contributed by atoms with van der Waals surface area (Å²) in [4.78, 5) is 0.